The first-order valence-electron chi connectivity index (χ1n) is 14.0. The molecule has 15 heteroatoms. The number of nitrogens with one attached hydrogen (secondary N) is 3. The minimum absolute atomic E-state index is 0.0319. The summed E-state index contributed by atoms with van der Waals surface area (Å²) in [5, 5.41) is 8.81. The highest BCUT2D eigenvalue weighted by molar-refractivity contribution is 14.1. The average Bonchev–Trinajstić information content (AvgIpc) is 3.72. The molecule has 1 aromatic carbocycles. The van der Waals surface area contributed by atoms with Gasteiger partial charge in [-0.15, -0.1) is 0 Å². The number of benzene rings is 1. The van der Waals surface area contributed by atoms with Gasteiger partial charge in [-0.05, 0) is 73.2 Å². The largest absolute Gasteiger partial charge is 0.461 e. The van der Waals surface area contributed by atoms with E-state index in [-0.39, 0.29) is 19.0 Å². The number of fused-ring (bicyclic) bond motifs is 1. The molecule has 1 fully saturated rings. The van der Waals surface area contributed by atoms with Crippen molar-refractivity contribution < 1.29 is 40.7 Å². The van der Waals surface area contributed by atoms with Crippen LogP contribution in [0.3, 0.4) is 0 Å². The van der Waals surface area contributed by atoms with Gasteiger partial charge in [0.15, 0.2) is 11.3 Å². The first-order chi connectivity index (χ1) is 21.3. The van der Waals surface area contributed by atoms with Crippen LogP contribution in [-0.2, 0) is 26.3 Å². The molecule has 0 spiro atoms. The Bertz CT molecular complexity index is 1660. The van der Waals surface area contributed by atoms with Gasteiger partial charge in [-0.1, -0.05) is 0 Å². The van der Waals surface area contributed by atoms with Crippen LogP contribution in [0.2, 0.25) is 0 Å². The Morgan fingerprint density at radius 2 is 1.89 bits per heavy atom. The fraction of sp³-hybridized carbons (Fsp3) is 0.400. The third-order valence-electron chi connectivity index (χ3n) is 7.33. The smallest absolute Gasteiger partial charge is 0.405 e. The molecule has 3 N–H and O–H groups in total. The van der Waals surface area contributed by atoms with Gasteiger partial charge in [0, 0.05) is 42.9 Å². The summed E-state index contributed by atoms with van der Waals surface area (Å²) in [6.45, 7) is 1.89. The number of rotatable bonds is 12. The summed E-state index contributed by atoms with van der Waals surface area (Å²) in [5.41, 5.74) is 0.339. The van der Waals surface area contributed by atoms with Crippen molar-refractivity contribution in [2.24, 2.45) is 5.92 Å². The number of furan rings is 1. The number of nitrogens with zero attached hydrogens (tertiary/aromatic N) is 2. The van der Waals surface area contributed by atoms with Gasteiger partial charge in [-0.3, -0.25) is 14.6 Å². The van der Waals surface area contributed by atoms with Gasteiger partial charge >= 0.3 is 12.1 Å². The van der Waals surface area contributed by atoms with Crippen LogP contribution < -0.4 is 16.0 Å². The van der Waals surface area contributed by atoms with E-state index in [1.165, 1.54) is 18.3 Å². The van der Waals surface area contributed by atoms with Crippen LogP contribution >= 0.6 is 22.6 Å². The summed E-state index contributed by atoms with van der Waals surface area (Å²) in [6, 6.07) is 6.37. The highest BCUT2D eigenvalue weighted by atomic mass is 127. The van der Waals surface area contributed by atoms with E-state index in [9.17, 15) is 27.2 Å². The molecule has 4 heterocycles. The molecule has 0 saturated carbocycles. The number of ether oxygens (including phenoxy) is 1. The van der Waals surface area contributed by atoms with Crippen molar-refractivity contribution in [3.63, 3.8) is 0 Å². The van der Waals surface area contributed by atoms with Gasteiger partial charge in [-0.25, -0.2) is 9.37 Å². The molecule has 3 atom stereocenters. The van der Waals surface area contributed by atoms with Crippen LogP contribution in [0.15, 0.2) is 57.8 Å². The van der Waals surface area contributed by atoms with Crippen LogP contribution in [-0.4, -0.2) is 59.8 Å². The molecule has 1 amide bonds. The van der Waals surface area contributed by atoms with Crippen molar-refractivity contribution in [3.8, 4) is 11.3 Å². The Hall–Kier alpha value is -3.57. The van der Waals surface area contributed by atoms with Crippen molar-refractivity contribution >= 4 is 45.4 Å². The molecule has 3 aromatic heterocycles. The summed E-state index contributed by atoms with van der Waals surface area (Å²) in [7, 11) is 0. The number of carbonyl (C=O) groups excluding carboxylic acids is 2. The standard InChI is InChI=1S/C30H30F4IN5O5/c1-29(2,28-38-14-24(45-28)16-3-5-19(31)6-4-16)40-13-23(26(41)39-15-30(32,33)34)37-11-21-8-17(27(42)44-21)7-20-9-18-10-36-12-22(35)25(18)43-20/h3-6,9-10,12,14,17,21,23,37,40H,7-8,11,13,15H2,1-2H3,(H,39,41)/t17-,21+,23+/m1/s1. The molecule has 1 aliphatic heterocycles. The molecule has 0 unspecified atom stereocenters. The predicted molar refractivity (Wildman–Crippen MR) is 162 cm³/mol. The first-order valence-corrected chi connectivity index (χ1v) is 15.1. The van der Waals surface area contributed by atoms with Crippen LogP contribution in [0, 0.1) is 15.3 Å². The molecule has 1 aliphatic rings. The lowest BCUT2D eigenvalue weighted by Crippen LogP contribution is -2.55. The number of aromatic nitrogens is 2. The maximum Gasteiger partial charge on any atom is 0.405 e. The Labute approximate surface area is 268 Å². The van der Waals surface area contributed by atoms with E-state index in [0.717, 1.165) is 8.96 Å². The van der Waals surface area contributed by atoms with E-state index in [1.54, 1.807) is 38.4 Å². The predicted octanol–water partition coefficient (Wildman–Crippen LogP) is 4.86. The quantitative estimate of drug-likeness (QED) is 0.106. The fourth-order valence-corrected chi connectivity index (χ4v) is 5.51. The SMILES string of the molecule is CC(C)(NC[C@H](NC[C@@H]1C[C@@H](Cc2cc3cncc(I)c3o2)C(=O)O1)C(=O)NCC(F)(F)F)c1ncc(-c2ccc(F)cc2)o1. The van der Waals surface area contributed by atoms with Crippen molar-refractivity contribution in [3.05, 3.63) is 70.0 Å². The Morgan fingerprint density at radius 1 is 1.13 bits per heavy atom. The van der Waals surface area contributed by atoms with E-state index in [1.807, 2.05) is 11.4 Å². The molecule has 10 nitrogen and oxygen atoms in total. The second-order valence-electron chi connectivity index (χ2n) is 11.3. The average molecular weight is 743 g/mol. The van der Waals surface area contributed by atoms with Crippen LogP contribution in [0.1, 0.15) is 31.9 Å². The number of hydrogen-bond donors (Lipinski definition) is 3. The van der Waals surface area contributed by atoms with Gasteiger partial charge in [0.25, 0.3) is 0 Å². The third kappa shape index (κ3) is 8.38. The molecular weight excluding hydrogens is 713 g/mol. The number of pyridine rings is 1. The van der Waals surface area contributed by atoms with Crippen LogP contribution in [0.25, 0.3) is 22.3 Å². The van der Waals surface area contributed by atoms with E-state index in [4.69, 9.17) is 13.6 Å². The number of alkyl halides is 3. The Balaban J connectivity index is 1.21. The highest BCUT2D eigenvalue weighted by Gasteiger charge is 2.37. The zero-order valence-corrected chi connectivity index (χ0v) is 26.4. The monoisotopic (exact) mass is 743 g/mol. The van der Waals surface area contributed by atoms with E-state index in [2.05, 4.69) is 43.2 Å². The maximum absolute atomic E-state index is 13.3. The molecule has 0 bridgehead atoms. The normalized spacial score (nSPS) is 17.9. The van der Waals surface area contributed by atoms with Crippen molar-refractivity contribution in [1.29, 1.82) is 0 Å². The lowest BCUT2D eigenvalue weighted by molar-refractivity contribution is -0.144. The second kappa shape index (κ2) is 13.4. The van der Waals surface area contributed by atoms with E-state index < -0.39 is 54.0 Å². The minimum Gasteiger partial charge on any atom is -0.461 e. The zero-order valence-electron chi connectivity index (χ0n) is 24.2. The molecule has 1 saturated heterocycles. The molecule has 45 heavy (non-hydrogen) atoms. The molecule has 0 radical (unpaired) electrons. The maximum atomic E-state index is 13.3. The van der Waals surface area contributed by atoms with Gasteiger partial charge < -0.3 is 29.5 Å². The fourth-order valence-electron chi connectivity index (χ4n) is 4.93. The van der Waals surface area contributed by atoms with Crippen LogP contribution in [0.4, 0.5) is 17.6 Å². The summed E-state index contributed by atoms with van der Waals surface area (Å²) >= 11 is 2.12. The number of amides is 1. The lowest BCUT2D eigenvalue weighted by atomic mass is 9.99. The second-order valence-corrected chi connectivity index (χ2v) is 12.4. The Morgan fingerprint density at radius 3 is 2.60 bits per heavy atom. The summed E-state index contributed by atoms with van der Waals surface area (Å²) < 4.78 is 70.0. The summed E-state index contributed by atoms with van der Waals surface area (Å²) in [6.07, 6.45) is 0.264. The number of cyclic esters (lactones) is 1. The van der Waals surface area contributed by atoms with Crippen LogP contribution in [0.5, 0.6) is 0 Å². The van der Waals surface area contributed by atoms with E-state index >= 15 is 0 Å². The number of esters is 1. The number of oxazole rings is 1. The van der Waals surface area contributed by atoms with Gasteiger partial charge in [0.2, 0.25) is 11.8 Å². The summed E-state index contributed by atoms with van der Waals surface area (Å²) in [4.78, 5) is 33.9. The van der Waals surface area contributed by atoms with Crippen molar-refractivity contribution in [2.45, 2.75) is 50.6 Å². The number of carbonyl (C=O) groups is 2. The highest BCUT2D eigenvalue weighted by Crippen LogP contribution is 2.30. The molecular formula is C30H30F4IN5O5. The van der Waals surface area contributed by atoms with Crippen molar-refractivity contribution in [2.75, 3.05) is 19.6 Å². The number of hydrogen-bond acceptors (Lipinski definition) is 9. The minimum atomic E-state index is -4.60. The third-order valence-corrected chi connectivity index (χ3v) is 8.10. The van der Waals surface area contributed by atoms with Gasteiger partial charge in [0.05, 0.1) is 27.3 Å². The molecule has 240 valence electrons. The first kappa shape index (κ1) is 32.8. The van der Waals surface area contributed by atoms with Gasteiger partial charge in [-0.2, -0.15) is 13.2 Å². The summed E-state index contributed by atoms with van der Waals surface area (Å²) in [5.74, 6) is -0.947. The lowest BCUT2D eigenvalue weighted by Gasteiger charge is -2.27. The number of halogens is 5. The zero-order chi connectivity index (χ0) is 32.4. The molecule has 4 aromatic rings. The topological polar surface area (TPSA) is 132 Å². The van der Waals surface area contributed by atoms with Crippen molar-refractivity contribution in [1.82, 2.24) is 25.9 Å². The Kier molecular flexibility index (Phi) is 9.79. The van der Waals surface area contributed by atoms with E-state index in [0.29, 0.717) is 35.5 Å². The molecule has 0 aliphatic carbocycles. The van der Waals surface area contributed by atoms with Gasteiger partial charge in [0.1, 0.15) is 24.2 Å². The molecule has 5 rings (SSSR count).